The highest BCUT2D eigenvalue weighted by Crippen LogP contribution is 2.23. The summed E-state index contributed by atoms with van der Waals surface area (Å²) >= 11 is 7.65. The van der Waals surface area contributed by atoms with Crippen LogP contribution in [0.5, 0.6) is 0 Å². The number of hydrogen-bond acceptors (Lipinski definition) is 4. The van der Waals surface area contributed by atoms with Crippen LogP contribution in [0.4, 0.5) is 0 Å². The SMILES string of the molecule is C[C@H](NC(=O)[C@H](C)N1CCN(Cc2ccc(Cl)s2)CC1)c1ccccc1. The van der Waals surface area contributed by atoms with Crippen LogP contribution in [0, 0.1) is 0 Å². The van der Waals surface area contributed by atoms with Gasteiger partial charge in [0.15, 0.2) is 0 Å². The number of nitrogens with zero attached hydrogens (tertiary/aromatic N) is 2. The van der Waals surface area contributed by atoms with E-state index in [0.717, 1.165) is 42.6 Å². The average Bonchev–Trinajstić information content (AvgIpc) is 3.07. The van der Waals surface area contributed by atoms with Gasteiger partial charge in [-0.25, -0.2) is 0 Å². The number of piperazine rings is 1. The van der Waals surface area contributed by atoms with Gasteiger partial charge in [0.05, 0.1) is 16.4 Å². The fraction of sp³-hybridized carbons (Fsp3) is 0.450. The van der Waals surface area contributed by atoms with Crippen molar-refractivity contribution in [3.8, 4) is 0 Å². The Morgan fingerprint density at radius 3 is 2.42 bits per heavy atom. The Labute approximate surface area is 164 Å². The largest absolute Gasteiger partial charge is 0.348 e. The number of benzene rings is 1. The molecule has 3 rings (SSSR count). The van der Waals surface area contributed by atoms with Crippen LogP contribution < -0.4 is 5.32 Å². The summed E-state index contributed by atoms with van der Waals surface area (Å²) in [5.74, 6) is 0.0971. The van der Waals surface area contributed by atoms with Gasteiger partial charge in [-0.15, -0.1) is 11.3 Å². The number of carbonyl (C=O) groups is 1. The summed E-state index contributed by atoms with van der Waals surface area (Å²) in [5.41, 5.74) is 1.13. The summed E-state index contributed by atoms with van der Waals surface area (Å²) in [6, 6.07) is 14.1. The zero-order chi connectivity index (χ0) is 18.5. The lowest BCUT2D eigenvalue weighted by Crippen LogP contribution is -2.53. The molecule has 1 aliphatic rings. The number of hydrogen-bond donors (Lipinski definition) is 1. The Morgan fingerprint density at radius 1 is 1.12 bits per heavy atom. The molecule has 0 radical (unpaired) electrons. The van der Waals surface area contributed by atoms with Crippen molar-refractivity contribution >= 4 is 28.8 Å². The summed E-state index contributed by atoms with van der Waals surface area (Å²) in [5, 5.41) is 3.14. The van der Waals surface area contributed by atoms with E-state index in [1.807, 2.05) is 50.2 Å². The third-order valence-electron chi connectivity index (χ3n) is 5.00. The molecule has 1 N–H and O–H groups in total. The molecule has 2 heterocycles. The van der Waals surface area contributed by atoms with Crippen molar-refractivity contribution in [3.63, 3.8) is 0 Å². The van der Waals surface area contributed by atoms with E-state index in [2.05, 4.69) is 21.2 Å². The normalized spacial score (nSPS) is 18.4. The van der Waals surface area contributed by atoms with Crippen LogP contribution in [0.15, 0.2) is 42.5 Å². The van der Waals surface area contributed by atoms with E-state index in [9.17, 15) is 4.79 Å². The van der Waals surface area contributed by atoms with E-state index >= 15 is 0 Å². The maximum Gasteiger partial charge on any atom is 0.237 e. The van der Waals surface area contributed by atoms with Crippen molar-refractivity contribution in [2.75, 3.05) is 26.2 Å². The third-order valence-corrected chi connectivity index (χ3v) is 6.22. The minimum absolute atomic E-state index is 0.0241. The highest BCUT2D eigenvalue weighted by Gasteiger charge is 2.26. The maximum atomic E-state index is 12.6. The smallest absolute Gasteiger partial charge is 0.237 e. The van der Waals surface area contributed by atoms with Gasteiger partial charge < -0.3 is 5.32 Å². The molecule has 0 bridgehead atoms. The van der Waals surface area contributed by atoms with E-state index in [4.69, 9.17) is 11.6 Å². The van der Waals surface area contributed by atoms with Crippen LogP contribution in [0.1, 0.15) is 30.3 Å². The Bertz CT molecular complexity index is 713. The van der Waals surface area contributed by atoms with Crippen molar-refractivity contribution in [2.45, 2.75) is 32.5 Å². The predicted molar refractivity (Wildman–Crippen MR) is 109 cm³/mol. The van der Waals surface area contributed by atoms with Gasteiger partial charge in [0.2, 0.25) is 5.91 Å². The summed E-state index contributed by atoms with van der Waals surface area (Å²) in [4.78, 5) is 18.6. The Balaban J connectivity index is 1.46. The van der Waals surface area contributed by atoms with Crippen molar-refractivity contribution in [1.82, 2.24) is 15.1 Å². The average molecular weight is 392 g/mol. The molecule has 1 aromatic heterocycles. The van der Waals surface area contributed by atoms with Gasteiger partial charge in [-0.3, -0.25) is 14.6 Å². The van der Waals surface area contributed by atoms with Crippen LogP contribution in [0.3, 0.4) is 0 Å². The minimum Gasteiger partial charge on any atom is -0.348 e. The first kappa shape index (κ1) is 19.4. The molecule has 140 valence electrons. The minimum atomic E-state index is -0.112. The summed E-state index contributed by atoms with van der Waals surface area (Å²) in [6.07, 6.45) is 0. The zero-order valence-electron chi connectivity index (χ0n) is 15.3. The lowest BCUT2D eigenvalue weighted by molar-refractivity contribution is -0.127. The molecule has 2 aromatic rings. The molecule has 1 fully saturated rings. The first-order valence-electron chi connectivity index (χ1n) is 9.09. The molecule has 1 aromatic carbocycles. The lowest BCUT2D eigenvalue weighted by Gasteiger charge is -2.37. The third kappa shape index (κ3) is 5.07. The fourth-order valence-corrected chi connectivity index (χ4v) is 4.42. The zero-order valence-corrected chi connectivity index (χ0v) is 16.9. The molecule has 1 saturated heterocycles. The Morgan fingerprint density at radius 2 is 1.81 bits per heavy atom. The van der Waals surface area contributed by atoms with Crippen molar-refractivity contribution in [2.24, 2.45) is 0 Å². The summed E-state index contributed by atoms with van der Waals surface area (Å²) in [6.45, 7) is 8.74. The molecule has 6 heteroatoms. The molecule has 2 atom stereocenters. The number of carbonyl (C=O) groups excluding carboxylic acids is 1. The lowest BCUT2D eigenvalue weighted by atomic mass is 10.1. The molecule has 26 heavy (non-hydrogen) atoms. The predicted octanol–water partition coefficient (Wildman–Crippen LogP) is 3.79. The Hall–Kier alpha value is -1.40. The fourth-order valence-electron chi connectivity index (χ4n) is 3.29. The molecule has 1 amide bonds. The van der Waals surface area contributed by atoms with Crippen LogP contribution in [0.25, 0.3) is 0 Å². The molecular formula is C20H26ClN3OS. The topological polar surface area (TPSA) is 35.6 Å². The standard InChI is InChI=1S/C20H26ClN3OS/c1-15(17-6-4-3-5-7-17)22-20(25)16(2)24-12-10-23(11-13-24)14-18-8-9-19(21)26-18/h3-9,15-16H,10-14H2,1-2H3,(H,22,25)/t15-,16-/m0/s1. The summed E-state index contributed by atoms with van der Waals surface area (Å²) in [7, 11) is 0. The van der Waals surface area contributed by atoms with Crippen LogP contribution in [0.2, 0.25) is 4.34 Å². The van der Waals surface area contributed by atoms with Crippen LogP contribution in [-0.4, -0.2) is 47.9 Å². The van der Waals surface area contributed by atoms with Gasteiger partial charge in [0.1, 0.15) is 0 Å². The highest BCUT2D eigenvalue weighted by molar-refractivity contribution is 7.16. The second-order valence-corrected chi connectivity index (χ2v) is 8.63. The van der Waals surface area contributed by atoms with E-state index in [1.54, 1.807) is 11.3 Å². The van der Waals surface area contributed by atoms with Crippen molar-refractivity contribution in [1.29, 1.82) is 0 Å². The number of thiophene rings is 1. The van der Waals surface area contributed by atoms with Crippen LogP contribution in [-0.2, 0) is 11.3 Å². The quantitative estimate of drug-likeness (QED) is 0.813. The first-order chi connectivity index (χ1) is 12.5. The first-order valence-corrected chi connectivity index (χ1v) is 10.3. The van der Waals surface area contributed by atoms with Crippen molar-refractivity contribution in [3.05, 3.63) is 57.2 Å². The molecule has 0 unspecified atom stereocenters. The number of nitrogens with one attached hydrogen (secondary N) is 1. The van der Waals surface area contributed by atoms with Gasteiger partial charge in [0.25, 0.3) is 0 Å². The molecular weight excluding hydrogens is 366 g/mol. The second kappa shape index (κ2) is 9.00. The van der Waals surface area contributed by atoms with Crippen LogP contribution >= 0.6 is 22.9 Å². The molecule has 1 aliphatic heterocycles. The number of rotatable bonds is 6. The second-order valence-electron chi connectivity index (χ2n) is 6.83. The van der Waals surface area contributed by atoms with Gasteiger partial charge in [-0.2, -0.15) is 0 Å². The monoisotopic (exact) mass is 391 g/mol. The van der Waals surface area contributed by atoms with E-state index in [0.29, 0.717) is 0 Å². The van der Waals surface area contributed by atoms with Gasteiger partial charge in [-0.05, 0) is 31.5 Å². The van der Waals surface area contributed by atoms with Gasteiger partial charge in [0, 0.05) is 37.6 Å². The number of amides is 1. The molecule has 0 aliphatic carbocycles. The molecule has 0 spiro atoms. The summed E-state index contributed by atoms with van der Waals surface area (Å²) < 4.78 is 0.844. The molecule has 4 nitrogen and oxygen atoms in total. The molecule has 0 saturated carbocycles. The van der Waals surface area contributed by atoms with Gasteiger partial charge >= 0.3 is 0 Å². The Kier molecular flexibility index (Phi) is 6.70. The van der Waals surface area contributed by atoms with E-state index in [1.165, 1.54) is 4.88 Å². The van der Waals surface area contributed by atoms with E-state index < -0.39 is 0 Å². The number of halogens is 1. The maximum absolute atomic E-state index is 12.6. The van der Waals surface area contributed by atoms with Gasteiger partial charge in [-0.1, -0.05) is 41.9 Å². The highest BCUT2D eigenvalue weighted by atomic mass is 35.5. The van der Waals surface area contributed by atoms with Crippen molar-refractivity contribution < 1.29 is 4.79 Å². The van der Waals surface area contributed by atoms with E-state index in [-0.39, 0.29) is 18.0 Å².